The lowest BCUT2D eigenvalue weighted by molar-refractivity contribution is -0.137. The highest BCUT2D eigenvalue weighted by Crippen LogP contribution is 2.31. The van der Waals surface area contributed by atoms with Gasteiger partial charge in [0, 0.05) is 11.6 Å². The Morgan fingerprint density at radius 3 is 2.63 bits per heavy atom. The molecule has 0 bridgehead atoms. The normalized spacial score (nSPS) is 12.8. The molecule has 0 amide bonds. The van der Waals surface area contributed by atoms with E-state index in [1.165, 1.54) is 16.8 Å². The smallest absolute Gasteiger partial charge is 0.416 e. The van der Waals surface area contributed by atoms with Gasteiger partial charge in [0.1, 0.15) is 17.6 Å². The van der Waals surface area contributed by atoms with Crippen molar-refractivity contribution in [2.75, 3.05) is 7.11 Å². The number of aromatic nitrogens is 4. The standard InChI is InChI=1S/C21H17F3N4O2/c1-12(20-25-17-7-6-14(21(22,23)24)11-18(17)26-20)28-19(29)9-8-16(27-28)13-4-3-5-15(10-13)30-2/h3-12H,1-2H3,(H,25,26). The molecule has 2 aromatic carbocycles. The molecule has 1 N–H and O–H groups in total. The largest absolute Gasteiger partial charge is 0.497 e. The van der Waals surface area contributed by atoms with E-state index in [0.717, 1.165) is 17.7 Å². The van der Waals surface area contributed by atoms with Crippen molar-refractivity contribution in [3.05, 3.63) is 76.3 Å². The van der Waals surface area contributed by atoms with Gasteiger partial charge in [-0.2, -0.15) is 18.3 Å². The van der Waals surface area contributed by atoms with Crippen molar-refractivity contribution in [3.8, 4) is 17.0 Å². The third-order valence-electron chi connectivity index (χ3n) is 4.78. The van der Waals surface area contributed by atoms with Gasteiger partial charge in [-0.3, -0.25) is 4.79 Å². The molecular weight excluding hydrogens is 397 g/mol. The molecule has 1 unspecified atom stereocenters. The third-order valence-corrected chi connectivity index (χ3v) is 4.78. The van der Waals surface area contributed by atoms with E-state index >= 15 is 0 Å². The fourth-order valence-electron chi connectivity index (χ4n) is 3.16. The first-order valence-corrected chi connectivity index (χ1v) is 9.07. The van der Waals surface area contributed by atoms with Crippen LogP contribution in [-0.2, 0) is 6.18 Å². The number of hydrogen-bond acceptors (Lipinski definition) is 4. The van der Waals surface area contributed by atoms with Crippen LogP contribution in [0.3, 0.4) is 0 Å². The van der Waals surface area contributed by atoms with Crippen molar-refractivity contribution < 1.29 is 17.9 Å². The fraction of sp³-hybridized carbons (Fsp3) is 0.190. The van der Waals surface area contributed by atoms with Gasteiger partial charge in [-0.25, -0.2) is 9.67 Å². The molecule has 2 heterocycles. The lowest BCUT2D eigenvalue weighted by Gasteiger charge is -2.13. The Kier molecular flexibility index (Phi) is 4.81. The second kappa shape index (κ2) is 7.33. The fourth-order valence-corrected chi connectivity index (χ4v) is 3.16. The number of alkyl halides is 3. The lowest BCUT2D eigenvalue weighted by Crippen LogP contribution is -2.26. The summed E-state index contributed by atoms with van der Waals surface area (Å²) in [5.41, 5.74) is 0.801. The number of ether oxygens (including phenoxy) is 1. The zero-order valence-corrected chi connectivity index (χ0v) is 16.1. The number of H-pyrrole nitrogens is 1. The summed E-state index contributed by atoms with van der Waals surface area (Å²) in [5, 5.41) is 4.43. The summed E-state index contributed by atoms with van der Waals surface area (Å²) in [5.74, 6) is 0.986. The second-order valence-electron chi connectivity index (χ2n) is 6.76. The Morgan fingerprint density at radius 2 is 1.90 bits per heavy atom. The number of aromatic amines is 1. The molecule has 0 aliphatic rings. The summed E-state index contributed by atoms with van der Waals surface area (Å²) in [6.07, 6.45) is -4.45. The molecule has 0 aliphatic heterocycles. The minimum Gasteiger partial charge on any atom is -0.497 e. The van der Waals surface area contributed by atoms with Gasteiger partial charge >= 0.3 is 6.18 Å². The number of imidazole rings is 1. The Hall–Kier alpha value is -3.62. The first kappa shape index (κ1) is 19.7. The number of nitrogens with one attached hydrogen (secondary N) is 1. The molecule has 6 nitrogen and oxygen atoms in total. The molecular formula is C21H17F3N4O2. The highest BCUT2D eigenvalue weighted by atomic mass is 19.4. The van der Waals surface area contributed by atoms with E-state index in [1.807, 2.05) is 12.1 Å². The van der Waals surface area contributed by atoms with Crippen LogP contribution in [0.25, 0.3) is 22.3 Å². The van der Waals surface area contributed by atoms with Crippen LogP contribution in [0, 0.1) is 0 Å². The topological polar surface area (TPSA) is 72.8 Å². The van der Waals surface area contributed by atoms with E-state index in [1.54, 1.807) is 32.2 Å². The Balaban J connectivity index is 1.74. The van der Waals surface area contributed by atoms with Crippen LogP contribution in [0.1, 0.15) is 24.4 Å². The van der Waals surface area contributed by atoms with Crippen LogP contribution in [0.4, 0.5) is 13.2 Å². The highest BCUT2D eigenvalue weighted by Gasteiger charge is 2.31. The van der Waals surface area contributed by atoms with Crippen LogP contribution in [0.2, 0.25) is 0 Å². The van der Waals surface area contributed by atoms with Gasteiger partial charge in [0.2, 0.25) is 0 Å². The Morgan fingerprint density at radius 1 is 1.10 bits per heavy atom. The summed E-state index contributed by atoms with van der Waals surface area (Å²) in [6, 6.07) is 12.9. The molecule has 0 aliphatic carbocycles. The molecule has 0 saturated carbocycles. The molecule has 0 radical (unpaired) electrons. The Labute approximate surface area is 169 Å². The van der Waals surface area contributed by atoms with Crippen LogP contribution in [-0.4, -0.2) is 26.9 Å². The van der Waals surface area contributed by atoms with Crippen molar-refractivity contribution in [3.63, 3.8) is 0 Å². The number of hydrogen-bond donors (Lipinski definition) is 1. The molecule has 0 fully saturated rings. The van der Waals surface area contributed by atoms with Crippen LogP contribution < -0.4 is 10.3 Å². The predicted molar refractivity (Wildman–Crippen MR) is 105 cm³/mol. The zero-order chi connectivity index (χ0) is 21.5. The van der Waals surface area contributed by atoms with E-state index < -0.39 is 17.8 Å². The van der Waals surface area contributed by atoms with E-state index in [9.17, 15) is 18.0 Å². The molecule has 1 atom stereocenters. The molecule has 9 heteroatoms. The van der Waals surface area contributed by atoms with Crippen molar-refractivity contribution in [1.29, 1.82) is 0 Å². The quantitative estimate of drug-likeness (QED) is 0.537. The third kappa shape index (κ3) is 3.66. The Bertz CT molecular complexity index is 1280. The second-order valence-corrected chi connectivity index (χ2v) is 6.76. The molecule has 4 aromatic rings. The number of methoxy groups -OCH3 is 1. The van der Waals surface area contributed by atoms with Gasteiger partial charge in [0.15, 0.2) is 0 Å². The van der Waals surface area contributed by atoms with Gasteiger partial charge in [0.05, 0.1) is 29.4 Å². The average Bonchev–Trinajstić information content (AvgIpc) is 3.16. The van der Waals surface area contributed by atoms with E-state index in [-0.39, 0.29) is 11.1 Å². The van der Waals surface area contributed by atoms with E-state index in [4.69, 9.17) is 4.74 Å². The number of fused-ring (bicyclic) bond motifs is 1. The predicted octanol–water partition coefficient (Wildman–Crippen LogP) is 4.42. The van der Waals surface area contributed by atoms with Gasteiger partial charge in [-0.05, 0) is 43.3 Å². The van der Waals surface area contributed by atoms with Gasteiger partial charge in [-0.1, -0.05) is 12.1 Å². The number of halogens is 3. The van der Waals surface area contributed by atoms with E-state index in [0.29, 0.717) is 22.8 Å². The zero-order valence-electron chi connectivity index (χ0n) is 16.1. The van der Waals surface area contributed by atoms with E-state index in [2.05, 4.69) is 15.1 Å². The number of rotatable bonds is 4. The van der Waals surface area contributed by atoms with Crippen molar-refractivity contribution in [2.45, 2.75) is 19.1 Å². The van der Waals surface area contributed by atoms with Crippen molar-refractivity contribution in [2.24, 2.45) is 0 Å². The van der Waals surface area contributed by atoms with Gasteiger partial charge < -0.3 is 9.72 Å². The SMILES string of the molecule is COc1cccc(-c2ccc(=O)n(C(C)c3nc4ccc(C(F)(F)F)cc4[nH]3)n2)c1. The summed E-state index contributed by atoms with van der Waals surface area (Å²) in [6.45, 7) is 1.70. The molecule has 30 heavy (non-hydrogen) atoms. The van der Waals surface area contributed by atoms with Crippen LogP contribution in [0.15, 0.2) is 59.4 Å². The monoisotopic (exact) mass is 414 g/mol. The molecule has 154 valence electrons. The maximum absolute atomic E-state index is 13.0. The van der Waals surface area contributed by atoms with Crippen LogP contribution >= 0.6 is 0 Å². The van der Waals surface area contributed by atoms with Gasteiger partial charge in [0.25, 0.3) is 5.56 Å². The van der Waals surface area contributed by atoms with Gasteiger partial charge in [-0.15, -0.1) is 0 Å². The number of benzene rings is 2. The molecule has 0 saturated heterocycles. The first-order chi connectivity index (χ1) is 14.3. The van der Waals surface area contributed by atoms with Crippen molar-refractivity contribution >= 4 is 11.0 Å². The summed E-state index contributed by atoms with van der Waals surface area (Å²) >= 11 is 0. The van der Waals surface area contributed by atoms with Crippen LogP contribution in [0.5, 0.6) is 5.75 Å². The highest BCUT2D eigenvalue weighted by molar-refractivity contribution is 5.76. The summed E-state index contributed by atoms with van der Waals surface area (Å²) < 4.78 is 45.4. The first-order valence-electron chi connectivity index (χ1n) is 9.07. The molecule has 2 aromatic heterocycles. The molecule has 4 rings (SSSR count). The molecule has 0 spiro atoms. The maximum Gasteiger partial charge on any atom is 0.416 e. The minimum atomic E-state index is -4.45. The number of nitrogens with zero attached hydrogens (tertiary/aromatic N) is 3. The maximum atomic E-state index is 13.0. The minimum absolute atomic E-state index is 0.240. The summed E-state index contributed by atoms with van der Waals surface area (Å²) in [7, 11) is 1.56. The summed E-state index contributed by atoms with van der Waals surface area (Å²) in [4.78, 5) is 19.6. The average molecular weight is 414 g/mol. The van der Waals surface area contributed by atoms with Crippen molar-refractivity contribution in [1.82, 2.24) is 19.7 Å². The lowest BCUT2D eigenvalue weighted by atomic mass is 10.1.